The van der Waals surface area contributed by atoms with E-state index in [-0.39, 0.29) is 0 Å². The van der Waals surface area contributed by atoms with Gasteiger partial charge < -0.3 is 0 Å². The van der Waals surface area contributed by atoms with Crippen LogP contribution in [0.15, 0.2) is 114 Å². The zero-order valence-electron chi connectivity index (χ0n) is 24.7. The number of fused-ring (bicyclic) bond motifs is 15. The first-order valence-electron chi connectivity index (χ1n) is 15.7. The van der Waals surface area contributed by atoms with E-state index >= 15 is 0 Å². The Morgan fingerprint density at radius 1 is 0.707 bits per heavy atom. The number of hydrogen-bond donors (Lipinski definition) is 0. The molecule has 7 rings (SSSR count). The zero-order chi connectivity index (χ0) is 27.9. The quantitative estimate of drug-likeness (QED) is 0.283. The first-order chi connectivity index (χ1) is 20.1. The summed E-state index contributed by atoms with van der Waals surface area (Å²) in [5.74, 6) is 1.89. The Morgan fingerprint density at radius 3 is 2.34 bits per heavy atom. The van der Waals surface area contributed by atoms with Crippen molar-refractivity contribution in [1.29, 1.82) is 0 Å². The van der Waals surface area contributed by atoms with Gasteiger partial charge in [-0.25, -0.2) is 0 Å². The van der Waals surface area contributed by atoms with Crippen molar-refractivity contribution in [3.8, 4) is 22.4 Å². The van der Waals surface area contributed by atoms with Crippen LogP contribution in [0.3, 0.4) is 0 Å². The number of likely N-dealkylation sites (N-methyl/N-ethyl adjacent to an activating group) is 1. The summed E-state index contributed by atoms with van der Waals surface area (Å²) in [6.07, 6.45) is 20.3. The minimum Gasteiger partial charge on any atom is -0.293 e. The predicted molar refractivity (Wildman–Crippen MR) is 171 cm³/mol. The van der Waals surface area contributed by atoms with Crippen LogP contribution >= 0.6 is 0 Å². The summed E-state index contributed by atoms with van der Waals surface area (Å²) in [7, 11) is 2.38. The van der Waals surface area contributed by atoms with Gasteiger partial charge in [0.2, 0.25) is 0 Å². The molecule has 3 aromatic rings. The lowest BCUT2D eigenvalue weighted by molar-refractivity contribution is 0.127. The molecule has 6 atom stereocenters. The van der Waals surface area contributed by atoms with Crippen LogP contribution in [0.1, 0.15) is 69.2 Å². The smallest absolute Gasteiger partial charge is 0.0711 e. The summed E-state index contributed by atoms with van der Waals surface area (Å²) in [6.45, 7) is 4.89. The molecule has 2 aliphatic heterocycles. The van der Waals surface area contributed by atoms with Crippen LogP contribution in [0.5, 0.6) is 0 Å². The first-order valence-corrected chi connectivity index (χ1v) is 15.7. The minimum atomic E-state index is 0.302. The normalized spacial score (nSPS) is 29.3. The Balaban J connectivity index is 1.40. The number of aromatic nitrogens is 1. The SMILES string of the molecule is CC1C2=CC=CC1CCC1=CC=CC(c3cccc(n3)-c3ccccc3-c3ccccc3C3CCCC2N3C)C1C. The van der Waals surface area contributed by atoms with E-state index in [1.54, 1.807) is 11.1 Å². The highest BCUT2D eigenvalue weighted by Gasteiger charge is 2.36. The average Bonchev–Trinajstić information content (AvgIpc) is 3.01. The highest BCUT2D eigenvalue weighted by atomic mass is 15.2. The van der Waals surface area contributed by atoms with Crippen molar-refractivity contribution in [3.05, 3.63) is 126 Å². The Hall–Kier alpha value is -3.49. The molecule has 0 N–H and O–H groups in total. The van der Waals surface area contributed by atoms with Crippen LogP contribution in [0, 0.1) is 17.8 Å². The van der Waals surface area contributed by atoms with E-state index < -0.39 is 0 Å². The third-order valence-corrected chi connectivity index (χ3v) is 10.6. The van der Waals surface area contributed by atoms with Gasteiger partial charge in [-0.05, 0) is 91.3 Å². The maximum Gasteiger partial charge on any atom is 0.0711 e. The van der Waals surface area contributed by atoms with E-state index in [1.807, 2.05) is 0 Å². The van der Waals surface area contributed by atoms with Gasteiger partial charge in [0.05, 0.1) is 5.69 Å². The van der Waals surface area contributed by atoms with Crippen molar-refractivity contribution in [1.82, 2.24) is 9.88 Å². The van der Waals surface area contributed by atoms with Crippen molar-refractivity contribution in [2.75, 3.05) is 7.05 Å². The molecule has 1 saturated heterocycles. The van der Waals surface area contributed by atoms with Crippen LogP contribution in [-0.2, 0) is 0 Å². The van der Waals surface area contributed by atoms with Crippen molar-refractivity contribution in [2.24, 2.45) is 17.8 Å². The van der Waals surface area contributed by atoms with Crippen molar-refractivity contribution < 1.29 is 0 Å². The summed E-state index contributed by atoms with van der Waals surface area (Å²) < 4.78 is 0. The molecule has 8 bridgehead atoms. The van der Waals surface area contributed by atoms with Gasteiger partial charge in [0.1, 0.15) is 0 Å². The second kappa shape index (κ2) is 11.1. The van der Waals surface area contributed by atoms with Crippen molar-refractivity contribution >= 4 is 0 Å². The van der Waals surface area contributed by atoms with E-state index in [0.29, 0.717) is 35.8 Å². The Bertz CT molecular complexity index is 1550. The lowest BCUT2D eigenvalue weighted by Crippen LogP contribution is -2.42. The fraction of sp³-hybridized carbons (Fsp3) is 0.359. The predicted octanol–water partition coefficient (Wildman–Crippen LogP) is 9.70. The summed E-state index contributed by atoms with van der Waals surface area (Å²) in [5.41, 5.74) is 10.7. The van der Waals surface area contributed by atoms with Gasteiger partial charge in [-0.3, -0.25) is 9.88 Å². The summed E-state index contributed by atoms with van der Waals surface area (Å²) in [4.78, 5) is 8.05. The molecule has 2 aliphatic carbocycles. The largest absolute Gasteiger partial charge is 0.293 e. The Labute approximate surface area is 246 Å². The van der Waals surface area contributed by atoms with Crippen molar-refractivity contribution in [3.63, 3.8) is 0 Å². The molecule has 0 amide bonds. The fourth-order valence-corrected chi connectivity index (χ4v) is 8.15. The second-order valence-electron chi connectivity index (χ2n) is 12.7. The molecule has 1 fully saturated rings. The van der Waals surface area contributed by atoms with Gasteiger partial charge in [-0.1, -0.05) is 110 Å². The maximum absolute atomic E-state index is 5.35. The summed E-state index contributed by atoms with van der Waals surface area (Å²) in [6, 6.07) is 25.6. The van der Waals surface area contributed by atoms with E-state index in [2.05, 4.69) is 129 Å². The van der Waals surface area contributed by atoms with Gasteiger partial charge in [-0.15, -0.1) is 0 Å². The highest BCUT2D eigenvalue weighted by molar-refractivity contribution is 5.83. The van der Waals surface area contributed by atoms with Gasteiger partial charge in [-0.2, -0.15) is 0 Å². The molecule has 0 spiro atoms. The van der Waals surface area contributed by atoms with E-state index in [1.165, 1.54) is 53.6 Å². The van der Waals surface area contributed by atoms with E-state index in [4.69, 9.17) is 4.98 Å². The summed E-state index contributed by atoms with van der Waals surface area (Å²) in [5, 5.41) is 0. The average molecular weight is 539 g/mol. The topological polar surface area (TPSA) is 16.1 Å². The number of pyridine rings is 1. The third-order valence-electron chi connectivity index (χ3n) is 10.6. The maximum atomic E-state index is 5.35. The number of allylic oxidation sites excluding steroid dienone is 7. The molecule has 2 nitrogen and oxygen atoms in total. The molecule has 6 unspecified atom stereocenters. The fourth-order valence-electron chi connectivity index (χ4n) is 8.15. The van der Waals surface area contributed by atoms with Gasteiger partial charge >= 0.3 is 0 Å². The number of piperidine rings is 1. The summed E-state index contributed by atoms with van der Waals surface area (Å²) >= 11 is 0. The lowest BCUT2D eigenvalue weighted by atomic mass is 9.73. The molecular formula is C39H42N2. The third kappa shape index (κ3) is 4.77. The second-order valence-corrected chi connectivity index (χ2v) is 12.7. The Kier molecular flexibility index (Phi) is 7.13. The minimum absolute atomic E-state index is 0.302. The van der Waals surface area contributed by atoms with Crippen LogP contribution in [0.4, 0.5) is 0 Å². The molecule has 3 heterocycles. The molecular weight excluding hydrogens is 496 g/mol. The molecule has 2 aromatic carbocycles. The number of nitrogens with zero attached hydrogens (tertiary/aromatic N) is 2. The van der Waals surface area contributed by atoms with Crippen LogP contribution in [0.25, 0.3) is 22.4 Å². The molecule has 0 saturated carbocycles. The Morgan fingerprint density at radius 2 is 1.46 bits per heavy atom. The first kappa shape index (κ1) is 26.4. The van der Waals surface area contributed by atoms with Crippen molar-refractivity contribution in [2.45, 2.75) is 64.0 Å². The van der Waals surface area contributed by atoms with Gasteiger partial charge in [0, 0.05) is 29.3 Å². The van der Waals surface area contributed by atoms with E-state index in [9.17, 15) is 0 Å². The molecule has 208 valence electrons. The lowest BCUT2D eigenvalue weighted by Gasteiger charge is -2.44. The molecule has 1 aromatic heterocycles. The standard InChI is InChI=1S/C39H42N2/c1-26-28-12-8-18-30(26)36-20-10-21-37(40-36)34-16-6-4-14-32(34)33-15-5-7-17-35(33)39-23-11-22-38(41(39)3)31-19-9-13-29(25-24-28)27(31)2/h4-10,12-21,26-27,29-30,38-39H,11,22-25H2,1-3H3. The van der Waals surface area contributed by atoms with Crippen LogP contribution in [0.2, 0.25) is 0 Å². The number of benzene rings is 2. The van der Waals surface area contributed by atoms with Crippen LogP contribution < -0.4 is 0 Å². The zero-order valence-corrected chi connectivity index (χ0v) is 24.7. The van der Waals surface area contributed by atoms with Gasteiger partial charge in [0.25, 0.3) is 0 Å². The van der Waals surface area contributed by atoms with Gasteiger partial charge in [0.15, 0.2) is 0 Å². The number of hydrogen-bond acceptors (Lipinski definition) is 2. The molecule has 4 aliphatic rings. The molecule has 0 radical (unpaired) electrons. The molecule has 2 heteroatoms. The highest BCUT2D eigenvalue weighted by Crippen LogP contribution is 2.45. The molecule has 41 heavy (non-hydrogen) atoms. The monoisotopic (exact) mass is 538 g/mol. The van der Waals surface area contributed by atoms with E-state index in [0.717, 1.165) is 12.1 Å². The van der Waals surface area contributed by atoms with Crippen LogP contribution in [-0.4, -0.2) is 23.0 Å². The number of rotatable bonds is 0.